The van der Waals surface area contributed by atoms with Crippen LogP contribution in [0.15, 0.2) is 109 Å². The van der Waals surface area contributed by atoms with Crippen molar-refractivity contribution in [2.24, 2.45) is 17.8 Å². The number of aryl methyl sites for hydroxylation is 2. The molecule has 0 N–H and O–H groups in total. The molecule has 0 aliphatic heterocycles. The zero-order valence-corrected chi connectivity index (χ0v) is 26.8. The molecule has 3 aliphatic rings. The monoisotopic (exact) mass is 580 g/mol. The molecule has 1 saturated carbocycles. The minimum Gasteiger partial charge on any atom is -0.0843 e. The summed E-state index contributed by atoms with van der Waals surface area (Å²) in [6, 6.07) is 33.4. The van der Waals surface area contributed by atoms with Crippen LogP contribution in [0.5, 0.6) is 0 Å². The van der Waals surface area contributed by atoms with Crippen LogP contribution >= 0.6 is 11.6 Å². The van der Waals surface area contributed by atoms with Gasteiger partial charge in [0, 0.05) is 5.02 Å². The van der Waals surface area contributed by atoms with Gasteiger partial charge in [-0.2, -0.15) is 0 Å². The Balaban J connectivity index is 0.000000379. The average Bonchev–Trinajstić information content (AvgIpc) is 3.32. The Kier molecular flexibility index (Phi) is 7.10. The van der Waals surface area contributed by atoms with Gasteiger partial charge < -0.3 is 0 Å². The SMILES string of the molecule is CC1C[C@@H](C)C1C.Cc1c(C2(c3ccc4ccccc4c3C)C3=C(C=CCC3)c3ccc(Cl)cc32)ccc2ccccc12. The normalized spacial score (nSPS) is 21.7. The summed E-state index contributed by atoms with van der Waals surface area (Å²) in [6.45, 7) is 11.6. The number of rotatable bonds is 2. The molecule has 43 heavy (non-hydrogen) atoms. The van der Waals surface area contributed by atoms with E-state index in [-0.39, 0.29) is 5.41 Å². The Bertz CT molecular complexity index is 1840. The quantitative estimate of drug-likeness (QED) is 0.195. The summed E-state index contributed by atoms with van der Waals surface area (Å²) >= 11 is 6.76. The number of allylic oxidation sites excluding steroid dienone is 4. The smallest absolute Gasteiger partial charge is 0.0682 e. The van der Waals surface area contributed by atoms with E-state index in [4.69, 9.17) is 11.6 Å². The Labute approximate surface area is 262 Å². The van der Waals surface area contributed by atoms with E-state index in [0.29, 0.717) is 0 Å². The zero-order valence-electron chi connectivity index (χ0n) is 26.0. The second-order valence-electron chi connectivity index (χ2n) is 13.2. The summed E-state index contributed by atoms with van der Waals surface area (Å²) in [4.78, 5) is 0. The van der Waals surface area contributed by atoms with Crippen LogP contribution in [-0.4, -0.2) is 0 Å². The van der Waals surface area contributed by atoms with Crippen LogP contribution in [0.2, 0.25) is 5.02 Å². The van der Waals surface area contributed by atoms with Crippen molar-refractivity contribution in [3.63, 3.8) is 0 Å². The van der Waals surface area contributed by atoms with Crippen LogP contribution in [-0.2, 0) is 5.41 Å². The van der Waals surface area contributed by atoms with Gasteiger partial charge in [0.25, 0.3) is 0 Å². The fraction of sp³-hybridized carbons (Fsp3) is 0.286. The molecular weight excluding hydrogens is 540 g/mol. The summed E-state index contributed by atoms with van der Waals surface area (Å²) in [5.41, 5.74) is 10.5. The maximum Gasteiger partial charge on any atom is 0.0682 e. The first-order valence-corrected chi connectivity index (χ1v) is 16.4. The molecule has 0 heterocycles. The Hall–Kier alpha value is -3.61. The minimum atomic E-state index is -0.386. The third kappa shape index (κ3) is 4.33. The second kappa shape index (κ2) is 10.8. The molecule has 0 saturated heterocycles. The molecule has 1 heteroatoms. The van der Waals surface area contributed by atoms with Gasteiger partial charge in [-0.25, -0.2) is 0 Å². The van der Waals surface area contributed by atoms with Crippen LogP contribution in [0.1, 0.15) is 73.4 Å². The highest BCUT2D eigenvalue weighted by atomic mass is 35.5. The molecule has 0 bridgehead atoms. The van der Waals surface area contributed by atoms with Crippen molar-refractivity contribution in [3.8, 4) is 0 Å². The lowest BCUT2D eigenvalue weighted by molar-refractivity contribution is 0.120. The number of hydrogen-bond acceptors (Lipinski definition) is 0. The fourth-order valence-electron chi connectivity index (χ4n) is 8.34. The van der Waals surface area contributed by atoms with Crippen molar-refractivity contribution < 1.29 is 0 Å². The summed E-state index contributed by atoms with van der Waals surface area (Å²) in [5, 5.41) is 5.99. The Morgan fingerprint density at radius 1 is 0.674 bits per heavy atom. The van der Waals surface area contributed by atoms with E-state index in [1.165, 1.54) is 72.5 Å². The topological polar surface area (TPSA) is 0 Å². The van der Waals surface area contributed by atoms with Gasteiger partial charge in [-0.05, 0) is 129 Å². The molecule has 3 aliphatic carbocycles. The van der Waals surface area contributed by atoms with Gasteiger partial charge in [0.2, 0.25) is 0 Å². The summed E-state index contributed by atoms with van der Waals surface area (Å²) in [7, 11) is 0. The Morgan fingerprint density at radius 3 is 1.79 bits per heavy atom. The highest BCUT2D eigenvalue weighted by Crippen LogP contribution is 2.59. The van der Waals surface area contributed by atoms with Crippen molar-refractivity contribution in [1.29, 1.82) is 0 Å². The molecule has 0 aromatic heterocycles. The van der Waals surface area contributed by atoms with Gasteiger partial charge in [0.05, 0.1) is 5.41 Å². The van der Waals surface area contributed by atoms with Crippen LogP contribution in [0.4, 0.5) is 0 Å². The van der Waals surface area contributed by atoms with Gasteiger partial charge >= 0.3 is 0 Å². The van der Waals surface area contributed by atoms with E-state index in [9.17, 15) is 0 Å². The van der Waals surface area contributed by atoms with Gasteiger partial charge in [-0.3, -0.25) is 0 Å². The third-order valence-electron chi connectivity index (χ3n) is 11.0. The van der Waals surface area contributed by atoms with E-state index in [1.807, 2.05) is 6.07 Å². The first-order valence-electron chi connectivity index (χ1n) is 16.0. The van der Waals surface area contributed by atoms with Crippen molar-refractivity contribution >= 4 is 38.7 Å². The molecule has 0 nitrogen and oxygen atoms in total. The van der Waals surface area contributed by atoms with E-state index >= 15 is 0 Å². The molecule has 5 aromatic carbocycles. The standard InChI is InChI=1S/C35H27Cl.C7H14/c1-22-27-11-5-3-9-24(27)15-19-31(22)35(32-20-16-25-10-4-6-12-28(25)23(32)2)33-14-8-7-13-29(33)30-18-17-26(36)21-34(30)35;1-5-4-6(2)7(5)3/h3-7,9-13,15-21H,8,14H2,1-2H3;5-7H,4H2,1-3H3/t;5-,6?,7?/m.1/s1. The maximum atomic E-state index is 6.76. The van der Waals surface area contributed by atoms with E-state index in [1.54, 1.807) is 0 Å². The van der Waals surface area contributed by atoms with Crippen LogP contribution in [0.25, 0.3) is 27.1 Å². The summed E-state index contributed by atoms with van der Waals surface area (Å²) in [5.74, 6) is 3.02. The molecule has 3 atom stereocenters. The summed E-state index contributed by atoms with van der Waals surface area (Å²) in [6.07, 6.45) is 8.23. The van der Waals surface area contributed by atoms with E-state index in [2.05, 4.69) is 132 Å². The second-order valence-corrected chi connectivity index (χ2v) is 13.7. The molecule has 1 fully saturated rings. The van der Waals surface area contributed by atoms with Crippen molar-refractivity contribution in [1.82, 2.24) is 0 Å². The van der Waals surface area contributed by atoms with E-state index < -0.39 is 0 Å². The predicted molar refractivity (Wildman–Crippen MR) is 186 cm³/mol. The molecular formula is C42H41Cl. The number of halogens is 1. The molecule has 8 rings (SSSR count). The van der Waals surface area contributed by atoms with Crippen molar-refractivity contribution in [3.05, 3.63) is 147 Å². The van der Waals surface area contributed by atoms with Crippen LogP contribution < -0.4 is 0 Å². The lowest BCUT2D eigenvalue weighted by Gasteiger charge is -2.39. The van der Waals surface area contributed by atoms with Gasteiger partial charge in [0.1, 0.15) is 0 Å². The lowest BCUT2D eigenvalue weighted by atomic mass is 9.63. The minimum absolute atomic E-state index is 0.386. The van der Waals surface area contributed by atoms with Crippen LogP contribution in [0.3, 0.4) is 0 Å². The highest BCUT2D eigenvalue weighted by molar-refractivity contribution is 6.30. The van der Waals surface area contributed by atoms with Gasteiger partial charge in [-0.15, -0.1) is 0 Å². The fourth-order valence-corrected chi connectivity index (χ4v) is 8.51. The first-order chi connectivity index (χ1) is 20.8. The molecule has 0 amide bonds. The highest BCUT2D eigenvalue weighted by Gasteiger charge is 2.49. The third-order valence-corrected chi connectivity index (χ3v) is 11.3. The van der Waals surface area contributed by atoms with Crippen LogP contribution in [0, 0.1) is 31.6 Å². The summed E-state index contributed by atoms with van der Waals surface area (Å²) < 4.78 is 0. The van der Waals surface area contributed by atoms with Gasteiger partial charge in [0.15, 0.2) is 0 Å². The van der Waals surface area contributed by atoms with Crippen molar-refractivity contribution in [2.75, 3.05) is 0 Å². The molecule has 216 valence electrons. The molecule has 2 unspecified atom stereocenters. The number of benzene rings is 5. The lowest BCUT2D eigenvalue weighted by Crippen LogP contribution is -2.32. The largest absolute Gasteiger partial charge is 0.0843 e. The first kappa shape index (κ1) is 28.2. The molecule has 5 aromatic rings. The zero-order chi connectivity index (χ0) is 29.9. The maximum absolute atomic E-state index is 6.76. The predicted octanol–water partition coefficient (Wildman–Crippen LogP) is 12.0. The van der Waals surface area contributed by atoms with Gasteiger partial charge in [-0.1, -0.05) is 123 Å². The average molecular weight is 581 g/mol. The Morgan fingerprint density at radius 2 is 1.26 bits per heavy atom. The molecule has 0 spiro atoms. The number of hydrogen-bond donors (Lipinski definition) is 0. The van der Waals surface area contributed by atoms with Crippen molar-refractivity contribution in [2.45, 2.75) is 59.3 Å². The van der Waals surface area contributed by atoms with E-state index in [0.717, 1.165) is 35.6 Å². The number of fused-ring (bicyclic) bond motifs is 4. The molecule has 0 radical (unpaired) electrons.